The van der Waals surface area contributed by atoms with Gasteiger partial charge in [-0.3, -0.25) is 4.79 Å². The monoisotopic (exact) mass is 267 g/mol. The molecule has 5 heteroatoms. The van der Waals surface area contributed by atoms with Crippen LogP contribution in [0.2, 0.25) is 5.02 Å². The van der Waals surface area contributed by atoms with Crippen LogP contribution in [0.15, 0.2) is 24.3 Å². The zero-order chi connectivity index (χ0) is 13.5. The van der Waals surface area contributed by atoms with Crippen LogP contribution in [0, 0.1) is 0 Å². The highest BCUT2D eigenvalue weighted by atomic mass is 35.5. The molecule has 18 heavy (non-hydrogen) atoms. The molecular formula is C13H14ClNO3. The SMILES string of the molecule is COC(=O)c1ccc(C=CCNC(C)=O)cc1Cl. The zero-order valence-electron chi connectivity index (χ0n) is 10.2. The molecule has 0 saturated carbocycles. The van der Waals surface area contributed by atoms with Gasteiger partial charge in [-0.1, -0.05) is 29.8 Å². The van der Waals surface area contributed by atoms with Crippen LogP contribution in [-0.4, -0.2) is 25.5 Å². The molecule has 96 valence electrons. The molecule has 4 nitrogen and oxygen atoms in total. The molecule has 0 aromatic heterocycles. The Bertz CT molecular complexity index is 483. The van der Waals surface area contributed by atoms with Crippen molar-refractivity contribution in [2.45, 2.75) is 6.92 Å². The second-order valence-corrected chi connectivity index (χ2v) is 3.98. The summed E-state index contributed by atoms with van der Waals surface area (Å²) in [5, 5.41) is 2.97. The lowest BCUT2D eigenvalue weighted by molar-refractivity contribution is -0.118. The van der Waals surface area contributed by atoms with E-state index in [1.807, 2.05) is 6.08 Å². The number of esters is 1. The summed E-state index contributed by atoms with van der Waals surface area (Å²) >= 11 is 5.96. The first-order chi connectivity index (χ1) is 8.54. The lowest BCUT2D eigenvalue weighted by Gasteiger charge is -2.03. The number of halogens is 1. The third kappa shape index (κ3) is 4.22. The van der Waals surface area contributed by atoms with Gasteiger partial charge in [0.1, 0.15) is 0 Å². The van der Waals surface area contributed by atoms with E-state index in [0.717, 1.165) is 5.56 Å². The van der Waals surface area contributed by atoms with Gasteiger partial charge < -0.3 is 10.1 Å². The maximum atomic E-state index is 11.3. The van der Waals surface area contributed by atoms with Crippen LogP contribution >= 0.6 is 11.6 Å². The zero-order valence-corrected chi connectivity index (χ0v) is 11.0. The van der Waals surface area contributed by atoms with E-state index in [0.29, 0.717) is 17.1 Å². The molecule has 0 aliphatic carbocycles. The van der Waals surface area contributed by atoms with Gasteiger partial charge in [0.2, 0.25) is 5.91 Å². The van der Waals surface area contributed by atoms with Crippen molar-refractivity contribution in [3.8, 4) is 0 Å². The molecule has 1 amide bonds. The lowest BCUT2D eigenvalue weighted by atomic mass is 10.1. The molecule has 1 rings (SSSR count). The van der Waals surface area contributed by atoms with E-state index >= 15 is 0 Å². The van der Waals surface area contributed by atoms with E-state index in [-0.39, 0.29) is 5.91 Å². The van der Waals surface area contributed by atoms with Crippen molar-refractivity contribution < 1.29 is 14.3 Å². The van der Waals surface area contributed by atoms with Gasteiger partial charge in [0.25, 0.3) is 0 Å². The number of benzene rings is 1. The molecular weight excluding hydrogens is 254 g/mol. The molecule has 0 heterocycles. The fraction of sp³-hybridized carbons (Fsp3) is 0.231. The van der Waals surface area contributed by atoms with Crippen molar-refractivity contribution >= 4 is 29.6 Å². The summed E-state index contributed by atoms with van der Waals surface area (Å²) in [6.07, 6.45) is 3.60. The Morgan fingerprint density at radius 1 is 1.44 bits per heavy atom. The average molecular weight is 268 g/mol. The molecule has 0 radical (unpaired) electrons. The van der Waals surface area contributed by atoms with E-state index in [1.54, 1.807) is 24.3 Å². The van der Waals surface area contributed by atoms with Gasteiger partial charge in [0.15, 0.2) is 0 Å². The second kappa shape index (κ2) is 6.81. The molecule has 1 N–H and O–H groups in total. The summed E-state index contributed by atoms with van der Waals surface area (Å²) in [6.45, 7) is 1.90. The van der Waals surface area contributed by atoms with E-state index in [9.17, 15) is 9.59 Å². The quantitative estimate of drug-likeness (QED) is 0.852. The second-order valence-electron chi connectivity index (χ2n) is 3.57. The number of nitrogens with one attached hydrogen (secondary N) is 1. The highest BCUT2D eigenvalue weighted by molar-refractivity contribution is 6.33. The molecule has 1 aromatic carbocycles. The van der Waals surface area contributed by atoms with Crippen LogP contribution in [0.5, 0.6) is 0 Å². The summed E-state index contributed by atoms with van der Waals surface area (Å²) in [5.41, 5.74) is 1.18. The third-order valence-corrected chi connectivity index (χ3v) is 2.49. The summed E-state index contributed by atoms with van der Waals surface area (Å²) < 4.78 is 4.59. The van der Waals surface area contributed by atoms with Crippen LogP contribution in [-0.2, 0) is 9.53 Å². The third-order valence-electron chi connectivity index (χ3n) is 2.18. The Labute approximate surface area is 111 Å². The topological polar surface area (TPSA) is 55.4 Å². The minimum absolute atomic E-state index is 0.0845. The number of ether oxygens (including phenoxy) is 1. The number of carbonyl (C=O) groups is 2. The Balaban J connectivity index is 2.72. The Kier molecular flexibility index (Phi) is 5.39. The Morgan fingerprint density at radius 3 is 2.72 bits per heavy atom. The van der Waals surface area contributed by atoms with Gasteiger partial charge in [0.05, 0.1) is 17.7 Å². The molecule has 0 aliphatic heterocycles. The van der Waals surface area contributed by atoms with Crippen molar-refractivity contribution in [1.82, 2.24) is 5.32 Å². The molecule has 0 unspecified atom stereocenters. The largest absolute Gasteiger partial charge is 0.465 e. The summed E-state index contributed by atoms with van der Waals surface area (Å²) in [6, 6.07) is 5.02. The summed E-state index contributed by atoms with van der Waals surface area (Å²) in [5.74, 6) is -0.549. The smallest absolute Gasteiger partial charge is 0.339 e. The van der Waals surface area contributed by atoms with Gasteiger partial charge >= 0.3 is 5.97 Å². The first-order valence-corrected chi connectivity index (χ1v) is 5.71. The first kappa shape index (κ1) is 14.3. The van der Waals surface area contributed by atoms with Crippen molar-refractivity contribution in [2.75, 3.05) is 13.7 Å². The Hall–Kier alpha value is -1.81. The first-order valence-electron chi connectivity index (χ1n) is 5.33. The van der Waals surface area contributed by atoms with Gasteiger partial charge in [-0.25, -0.2) is 4.79 Å². The number of hydrogen-bond donors (Lipinski definition) is 1. The fourth-order valence-electron chi connectivity index (χ4n) is 1.31. The van der Waals surface area contributed by atoms with Crippen molar-refractivity contribution in [3.63, 3.8) is 0 Å². The van der Waals surface area contributed by atoms with Gasteiger partial charge in [-0.15, -0.1) is 0 Å². The molecule has 0 bridgehead atoms. The van der Waals surface area contributed by atoms with Crippen LogP contribution < -0.4 is 5.32 Å². The van der Waals surface area contributed by atoms with E-state index in [4.69, 9.17) is 11.6 Å². The fourth-order valence-corrected chi connectivity index (χ4v) is 1.57. The molecule has 0 fully saturated rings. The average Bonchev–Trinajstić information content (AvgIpc) is 2.33. The number of hydrogen-bond acceptors (Lipinski definition) is 3. The van der Waals surface area contributed by atoms with Crippen molar-refractivity contribution in [2.24, 2.45) is 0 Å². The lowest BCUT2D eigenvalue weighted by Crippen LogP contribution is -2.19. The normalized spacial score (nSPS) is 10.4. The maximum Gasteiger partial charge on any atom is 0.339 e. The molecule has 0 spiro atoms. The Morgan fingerprint density at radius 2 is 2.17 bits per heavy atom. The summed E-state index contributed by atoms with van der Waals surface area (Å²) in [4.78, 5) is 22.0. The number of rotatable bonds is 4. The maximum absolute atomic E-state index is 11.3. The molecule has 0 saturated heterocycles. The van der Waals surface area contributed by atoms with Crippen LogP contribution in [0.3, 0.4) is 0 Å². The molecule has 0 atom stereocenters. The highest BCUT2D eigenvalue weighted by Gasteiger charge is 2.09. The minimum atomic E-state index is -0.464. The van der Waals surface area contributed by atoms with Crippen molar-refractivity contribution in [3.05, 3.63) is 40.4 Å². The standard InChI is InChI=1S/C13H14ClNO3/c1-9(16)15-7-3-4-10-5-6-11(12(14)8-10)13(17)18-2/h3-6,8H,7H2,1-2H3,(H,15,16). The van der Waals surface area contributed by atoms with Crippen LogP contribution in [0.4, 0.5) is 0 Å². The van der Waals surface area contributed by atoms with Gasteiger partial charge in [0, 0.05) is 13.5 Å². The predicted molar refractivity (Wildman–Crippen MR) is 70.5 cm³/mol. The minimum Gasteiger partial charge on any atom is -0.465 e. The highest BCUT2D eigenvalue weighted by Crippen LogP contribution is 2.19. The van der Waals surface area contributed by atoms with Crippen LogP contribution in [0.1, 0.15) is 22.8 Å². The van der Waals surface area contributed by atoms with Crippen LogP contribution in [0.25, 0.3) is 6.08 Å². The van der Waals surface area contributed by atoms with Gasteiger partial charge in [-0.2, -0.15) is 0 Å². The number of amides is 1. The molecule has 1 aromatic rings. The number of methoxy groups -OCH3 is 1. The van der Waals surface area contributed by atoms with E-state index in [2.05, 4.69) is 10.1 Å². The van der Waals surface area contributed by atoms with E-state index < -0.39 is 5.97 Å². The van der Waals surface area contributed by atoms with Gasteiger partial charge in [-0.05, 0) is 17.7 Å². The number of carbonyl (C=O) groups excluding carboxylic acids is 2. The van der Waals surface area contributed by atoms with Crippen molar-refractivity contribution in [1.29, 1.82) is 0 Å². The van der Waals surface area contributed by atoms with E-state index in [1.165, 1.54) is 14.0 Å². The summed E-state index contributed by atoms with van der Waals surface area (Å²) in [7, 11) is 1.31. The predicted octanol–water partition coefficient (Wildman–Crippen LogP) is 2.28. The molecule has 0 aliphatic rings.